The van der Waals surface area contributed by atoms with Crippen molar-refractivity contribution in [2.24, 2.45) is 5.92 Å². The minimum absolute atomic E-state index is 0.00783. The van der Waals surface area contributed by atoms with Gasteiger partial charge in [0.05, 0.1) is 5.92 Å². The molecule has 1 aliphatic heterocycles. The van der Waals surface area contributed by atoms with Gasteiger partial charge in [0.25, 0.3) is 5.91 Å². The van der Waals surface area contributed by atoms with Gasteiger partial charge in [0.15, 0.2) is 0 Å². The largest absolute Gasteiger partial charge is 0.351 e. The molecule has 0 aliphatic carbocycles. The van der Waals surface area contributed by atoms with Gasteiger partial charge in [0.1, 0.15) is 5.82 Å². The molecule has 1 aromatic rings. The lowest BCUT2D eigenvalue weighted by atomic mass is 9.94. The van der Waals surface area contributed by atoms with E-state index in [1.807, 2.05) is 20.8 Å². The molecule has 1 aliphatic rings. The molecule has 23 heavy (non-hydrogen) atoms. The normalized spacial score (nSPS) is 18.6. The fraction of sp³-hybridized carbons (Fsp3) is 0.556. The molecule has 0 radical (unpaired) electrons. The molecule has 1 aromatic carbocycles. The first kappa shape index (κ1) is 17.4. The van der Waals surface area contributed by atoms with E-state index >= 15 is 0 Å². The number of hydrogen-bond donors (Lipinski definition) is 1. The maximum atomic E-state index is 13.0. The Morgan fingerprint density at radius 2 is 1.96 bits per heavy atom. The summed E-state index contributed by atoms with van der Waals surface area (Å²) in [7, 11) is 0. The summed E-state index contributed by atoms with van der Waals surface area (Å²) in [6.07, 6.45) is 2.44. The molecule has 0 aromatic heterocycles. The molecule has 5 heteroatoms. The van der Waals surface area contributed by atoms with Crippen molar-refractivity contribution in [3.05, 3.63) is 35.6 Å². The number of nitrogens with zero attached hydrogens (tertiary/aromatic N) is 1. The van der Waals surface area contributed by atoms with Crippen molar-refractivity contribution >= 4 is 11.8 Å². The van der Waals surface area contributed by atoms with E-state index in [1.165, 1.54) is 24.3 Å². The van der Waals surface area contributed by atoms with Gasteiger partial charge in [-0.2, -0.15) is 0 Å². The summed E-state index contributed by atoms with van der Waals surface area (Å²) in [5.74, 6) is -0.677. The summed E-state index contributed by atoms with van der Waals surface area (Å²) < 4.78 is 13.0. The molecule has 0 saturated carbocycles. The number of halogens is 1. The molecule has 1 atom stereocenters. The molecular formula is C18H25FN2O2. The molecule has 0 unspecified atom stereocenters. The lowest BCUT2D eigenvalue weighted by Gasteiger charge is -2.34. The summed E-state index contributed by atoms with van der Waals surface area (Å²) in [6, 6.07) is 5.54. The molecule has 2 amide bonds. The Morgan fingerprint density at radius 1 is 1.30 bits per heavy atom. The number of carbonyl (C=O) groups excluding carboxylic acids is 2. The van der Waals surface area contributed by atoms with Crippen LogP contribution in [0.2, 0.25) is 0 Å². The van der Waals surface area contributed by atoms with Crippen LogP contribution in [-0.4, -0.2) is 35.3 Å². The van der Waals surface area contributed by atoms with Gasteiger partial charge in [0.2, 0.25) is 5.91 Å². The number of piperidine rings is 1. The summed E-state index contributed by atoms with van der Waals surface area (Å²) in [4.78, 5) is 26.6. The van der Waals surface area contributed by atoms with Crippen molar-refractivity contribution in [3.63, 3.8) is 0 Å². The van der Waals surface area contributed by atoms with Crippen LogP contribution >= 0.6 is 0 Å². The number of benzene rings is 1. The van der Waals surface area contributed by atoms with Crippen LogP contribution in [0.1, 0.15) is 50.4 Å². The third-order valence-corrected chi connectivity index (χ3v) is 4.52. The molecule has 4 nitrogen and oxygen atoms in total. The second kappa shape index (κ2) is 7.11. The molecule has 1 heterocycles. The number of rotatable bonds is 4. The van der Waals surface area contributed by atoms with Crippen molar-refractivity contribution < 1.29 is 14.0 Å². The highest BCUT2D eigenvalue weighted by atomic mass is 19.1. The monoisotopic (exact) mass is 320 g/mol. The Balaban J connectivity index is 2.01. The van der Waals surface area contributed by atoms with E-state index in [2.05, 4.69) is 5.32 Å². The van der Waals surface area contributed by atoms with E-state index in [1.54, 1.807) is 4.90 Å². The van der Waals surface area contributed by atoms with Crippen LogP contribution in [0, 0.1) is 11.7 Å². The van der Waals surface area contributed by atoms with Crippen molar-refractivity contribution in [3.8, 4) is 0 Å². The van der Waals surface area contributed by atoms with Crippen LogP contribution in [0.3, 0.4) is 0 Å². The van der Waals surface area contributed by atoms with Crippen LogP contribution in [0.25, 0.3) is 0 Å². The summed E-state index contributed by atoms with van der Waals surface area (Å²) in [5, 5.41) is 3.06. The highest BCUT2D eigenvalue weighted by Gasteiger charge is 2.31. The predicted molar refractivity (Wildman–Crippen MR) is 87.5 cm³/mol. The average molecular weight is 320 g/mol. The second-order valence-corrected chi connectivity index (χ2v) is 6.82. The number of hydrogen-bond acceptors (Lipinski definition) is 2. The van der Waals surface area contributed by atoms with Crippen LogP contribution in [0.15, 0.2) is 24.3 Å². The van der Waals surface area contributed by atoms with E-state index in [-0.39, 0.29) is 29.1 Å². The Hall–Kier alpha value is -1.91. The summed E-state index contributed by atoms with van der Waals surface area (Å²) in [6.45, 7) is 7.08. The van der Waals surface area contributed by atoms with Gasteiger partial charge in [-0.15, -0.1) is 0 Å². The number of nitrogens with one attached hydrogen (secondary N) is 1. The molecule has 1 fully saturated rings. The second-order valence-electron chi connectivity index (χ2n) is 6.82. The highest BCUT2D eigenvalue weighted by Crippen LogP contribution is 2.20. The van der Waals surface area contributed by atoms with Gasteiger partial charge >= 0.3 is 0 Å². The number of likely N-dealkylation sites (tertiary alicyclic amines) is 1. The van der Waals surface area contributed by atoms with E-state index in [0.29, 0.717) is 18.7 Å². The lowest BCUT2D eigenvalue weighted by Crippen LogP contribution is -2.50. The zero-order valence-electron chi connectivity index (χ0n) is 14.1. The standard InChI is InChI=1S/C18H25FN2O2/c1-4-18(2,3)20-16(22)14-6-5-11-21(12-14)17(23)13-7-9-15(19)10-8-13/h7-10,14H,4-6,11-12H2,1-3H3,(H,20,22)/t14-/m0/s1. The fourth-order valence-electron chi connectivity index (χ4n) is 2.67. The van der Waals surface area contributed by atoms with Gasteiger partial charge in [-0.3, -0.25) is 9.59 Å². The fourth-order valence-corrected chi connectivity index (χ4v) is 2.67. The van der Waals surface area contributed by atoms with Crippen molar-refractivity contribution in [2.75, 3.05) is 13.1 Å². The lowest BCUT2D eigenvalue weighted by molar-refractivity contribution is -0.128. The van der Waals surface area contributed by atoms with Gasteiger partial charge in [-0.1, -0.05) is 6.92 Å². The van der Waals surface area contributed by atoms with Crippen LogP contribution < -0.4 is 5.32 Å². The molecule has 0 bridgehead atoms. The van der Waals surface area contributed by atoms with Gasteiger partial charge < -0.3 is 10.2 Å². The first-order valence-electron chi connectivity index (χ1n) is 8.19. The van der Waals surface area contributed by atoms with E-state index in [9.17, 15) is 14.0 Å². The highest BCUT2D eigenvalue weighted by molar-refractivity contribution is 5.94. The third-order valence-electron chi connectivity index (χ3n) is 4.52. The number of amides is 2. The smallest absolute Gasteiger partial charge is 0.253 e. The molecule has 1 saturated heterocycles. The SMILES string of the molecule is CCC(C)(C)NC(=O)[C@H]1CCCN(C(=O)c2ccc(F)cc2)C1. The van der Waals surface area contributed by atoms with Crippen LogP contribution in [-0.2, 0) is 4.79 Å². The first-order chi connectivity index (χ1) is 10.8. The average Bonchev–Trinajstić information content (AvgIpc) is 2.54. The zero-order chi connectivity index (χ0) is 17.0. The van der Waals surface area contributed by atoms with E-state index in [4.69, 9.17) is 0 Å². The maximum absolute atomic E-state index is 13.0. The van der Waals surface area contributed by atoms with Crippen LogP contribution in [0.5, 0.6) is 0 Å². The Morgan fingerprint density at radius 3 is 2.57 bits per heavy atom. The summed E-state index contributed by atoms with van der Waals surface area (Å²) in [5.41, 5.74) is 0.224. The Labute approximate surface area is 137 Å². The van der Waals surface area contributed by atoms with Crippen molar-refractivity contribution in [1.29, 1.82) is 0 Å². The topological polar surface area (TPSA) is 49.4 Å². The van der Waals surface area contributed by atoms with Crippen molar-refractivity contribution in [2.45, 2.75) is 45.6 Å². The van der Waals surface area contributed by atoms with Gasteiger partial charge in [0, 0.05) is 24.2 Å². The zero-order valence-corrected chi connectivity index (χ0v) is 14.1. The minimum atomic E-state index is -0.362. The molecule has 2 rings (SSSR count). The maximum Gasteiger partial charge on any atom is 0.253 e. The molecule has 0 spiro atoms. The molecule has 126 valence electrons. The third kappa shape index (κ3) is 4.53. The number of carbonyl (C=O) groups is 2. The van der Waals surface area contributed by atoms with Gasteiger partial charge in [-0.25, -0.2) is 4.39 Å². The quantitative estimate of drug-likeness (QED) is 0.927. The van der Waals surface area contributed by atoms with E-state index < -0.39 is 0 Å². The Bertz CT molecular complexity index is 569. The predicted octanol–water partition coefficient (Wildman–Crippen LogP) is 2.98. The molecular weight excluding hydrogens is 295 g/mol. The van der Waals surface area contributed by atoms with Crippen LogP contribution in [0.4, 0.5) is 4.39 Å². The van der Waals surface area contributed by atoms with Crippen molar-refractivity contribution in [1.82, 2.24) is 10.2 Å². The Kier molecular flexibility index (Phi) is 5.39. The molecule has 1 N–H and O–H groups in total. The summed E-state index contributed by atoms with van der Waals surface area (Å²) >= 11 is 0. The minimum Gasteiger partial charge on any atom is -0.351 e. The van der Waals surface area contributed by atoms with Gasteiger partial charge in [-0.05, 0) is 57.4 Å². The van der Waals surface area contributed by atoms with E-state index in [0.717, 1.165) is 19.3 Å². The first-order valence-corrected chi connectivity index (χ1v) is 8.19.